The molecular formula is C21H19ClF4N2O4. The third-order valence-corrected chi connectivity index (χ3v) is 5.05. The Balaban J connectivity index is 1.68. The van der Waals surface area contributed by atoms with E-state index in [1.807, 2.05) is 0 Å². The maximum Gasteiger partial charge on any atom is 0.416 e. The maximum atomic E-state index is 13.8. The first kappa shape index (κ1) is 23.8. The highest BCUT2D eigenvalue weighted by atomic mass is 35.5. The van der Waals surface area contributed by atoms with Crippen LogP contribution in [0.15, 0.2) is 36.4 Å². The molecule has 32 heavy (non-hydrogen) atoms. The minimum Gasteiger partial charge on any atom is -0.455 e. The van der Waals surface area contributed by atoms with Crippen molar-refractivity contribution in [2.75, 3.05) is 43.1 Å². The smallest absolute Gasteiger partial charge is 0.416 e. The number of esters is 1. The van der Waals surface area contributed by atoms with Gasteiger partial charge < -0.3 is 19.7 Å². The molecule has 0 spiro atoms. The molecule has 0 aliphatic carbocycles. The predicted molar refractivity (Wildman–Crippen MR) is 109 cm³/mol. The Morgan fingerprint density at radius 1 is 1.16 bits per heavy atom. The molecule has 1 aliphatic heterocycles. The molecule has 172 valence electrons. The summed E-state index contributed by atoms with van der Waals surface area (Å²) in [7, 11) is 0. The topological polar surface area (TPSA) is 67.9 Å². The number of nitrogens with zero attached hydrogens (tertiary/aromatic N) is 1. The Morgan fingerprint density at radius 2 is 1.88 bits per heavy atom. The normalized spacial score (nSPS) is 14.2. The zero-order valence-corrected chi connectivity index (χ0v) is 17.4. The highest BCUT2D eigenvalue weighted by Gasteiger charge is 2.32. The standard InChI is InChI=1S/C21H19ClF4N2O4/c22-15-2-1-3-16(23)14(15)11-20(30)32-12-19(29)27-17-10-13(21(24,25)26)4-5-18(17)28-6-8-31-9-7-28/h1-5,10H,6-9,11-12H2,(H,27,29). The van der Waals surface area contributed by atoms with E-state index in [9.17, 15) is 27.2 Å². The van der Waals surface area contributed by atoms with Gasteiger partial charge in [-0.25, -0.2) is 4.39 Å². The van der Waals surface area contributed by atoms with Gasteiger partial charge in [0.15, 0.2) is 6.61 Å². The first-order chi connectivity index (χ1) is 15.1. The van der Waals surface area contributed by atoms with Crippen LogP contribution in [0.5, 0.6) is 0 Å². The molecule has 11 heteroatoms. The SMILES string of the molecule is O=C(COC(=O)Cc1c(F)cccc1Cl)Nc1cc(C(F)(F)F)ccc1N1CCOCC1. The van der Waals surface area contributed by atoms with Gasteiger partial charge in [0.2, 0.25) is 0 Å². The minimum atomic E-state index is -4.60. The van der Waals surface area contributed by atoms with Crippen LogP contribution < -0.4 is 10.2 Å². The second kappa shape index (κ2) is 10.2. The number of carbonyl (C=O) groups excluding carboxylic acids is 2. The van der Waals surface area contributed by atoms with Gasteiger partial charge in [0.1, 0.15) is 5.82 Å². The highest BCUT2D eigenvalue weighted by Crippen LogP contribution is 2.35. The summed E-state index contributed by atoms with van der Waals surface area (Å²) in [6.07, 6.45) is -5.10. The molecule has 1 fully saturated rings. The molecule has 0 aromatic heterocycles. The van der Waals surface area contributed by atoms with E-state index in [-0.39, 0.29) is 16.3 Å². The highest BCUT2D eigenvalue weighted by molar-refractivity contribution is 6.31. The van der Waals surface area contributed by atoms with Gasteiger partial charge in [0.25, 0.3) is 5.91 Å². The number of amides is 1. The number of alkyl halides is 3. The zero-order chi connectivity index (χ0) is 23.3. The predicted octanol–water partition coefficient (Wildman–Crippen LogP) is 4.06. The zero-order valence-electron chi connectivity index (χ0n) is 16.7. The first-order valence-electron chi connectivity index (χ1n) is 9.57. The molecule has 0 bridgehead atoms. The van der Waals surface area contributed by atoms with Gasteiger partial charge in [0.05, 0.1) is 36.6 Å². The fraction of sp³-hybridized carbons (Fsp3) is 0.333. The number of nitrogens with one attached hydrogen (secondary N) is 1. The largest absolute Gasteiger partial charge is 0.455 e. The molecule has 1 aliphatic rings. The number of halogens is 5. The molecule has 1 N–H and O–H groups in total. The second-order valence-electron chi connectivity index (χ2n) is 6.91. The molecule has 6 nitrogen and oxygen atoms in total. The van der Waals surface area contributed by atoms with Gasteiger partial charge in [-0.1, -0.05) is 17.7 Å². The van der Waals surface area contributed by atoms with Gasteiger partial charge in [0, 0.05) is 23.7 Å². The number of rotatable bonds is 6. The lowest BCUT2D eigenvalue weighted by Crippen LogP contribution is -2.37. The molecule has 1 amide bonds. The van der Waals surface area contributed by atoms with Gasteiger partial charge in [-0.15, -0.1) is 0 Å². The van der Waals surface area contributed by atoms with Gasteiger partial charge in [-0.3, -0.25) is 9.59 Å². The lowest BCUT2D eigenvalue weighted by Gasteiger charge is -2.31. The molecular weight excluding hydrogens is 456 g/mol. The summed E-state index contributed by atoms with van der Waals surface area (Å²) in [5.41, 5.74) is -0.693. The maximum absolute atomic E-state index is 13.8. The summed E-state index contributed by atoms with van der Waals surface area (Å²) >= 11 is 5.85. The molecule has 0 unspecified atom stereocenters. The van der Waals surface area contributed by atoms with Crippen molar-refractivity contribution in [2.45, 2.75) is 12.6 Å². The van der Waals surface area contributed by atoms with Crippen molar-refractivity contribution >= 4 is 34.9 Å². The first-order valence-corrected chi connectivity index (χ1v) is 9.95. The fourth-order valence-corrected chi connectivity index (χ4v) is 3.35. The molecule has 1 heterocycles. The van der Waals surface area contributed by atoms with E-state index in [2.05, 4.69) is 5.32 Å². The fourth-order valence-electron chi connectivity index (χ4n) is 3.12. The third-order valence-electron chi connectivity index (χ3n) is 4.70. The second-order valence-corrected chi connectivity index (χ2v) is 7.32. The van der Waals surface area contributed by atoms with E-state index < -0.39 is 42.5 Å². The molecule has 0 atom stereocenters. The van der Waals surface area contributed by atoms with Crippen molar-refractivity contribution < 1.29 is 36.6 Å². The number of anilines is 2. The van der Waals surface area contributed by atoms with Crippen LogP contribution in [0.2, 0.25) is 5.02 Å². The minimum absolute atomic E-state index is 0.0329. The van der Waals surface area contributed by atoms with Crippen molar-refractivity contribution in [1.82, 2.24) is 0 Å². The van der Waals surface area contributed by atoms with Crippen LogP contribution in [0.3, 0.4) is 0 Å². The van der Waals surface area contributed by atoms with Gasteiger partial charge in [-0.2, -0.15) is 13.2 Å². The Labute approximate surface area is 186 Å². The van der Waals surface area contributed by atoms with Gasteiger partial charge >= 0.3 is 12.1 Å². The van der Waals surface area contributed by atoms with E-state index in [4.69, 9.17) is 21.1 Å². The Kier molecular flexibility index (Phi) is 7.57. The Morgan fingerprint density at radius 3 is 2.53 bits per heavy atom. The molecule has 0 saturated carbocycles. The van der Waals surface area contributed by atoms with Crippen molar-refractivity contribution in [1.29, 1.82) is 0 Å². The summed E-state index contributed by atoms with van der Waals surface area (Å²) in [5.74, 6) is -2.45. The van der Waals surface area contributed by atoms with E-state index in [0.717, 1.165) is 18.2 Å². The van der Waals surface area contributed by atoms with E-state index in [1.165, 1.54) is 18.2 Å². The number of carbonyl (C=O) groups is 2. The van der Waals surface area contributed by atoms with Crippen LogP contribution in [-0.2, 0) is 31.7 Å². The number of hydrogen-bond donors (Lipinski definition) is 1. The quantitative estimate of drug-likeness (QED) is 0.505. The number of ether oxygens (including phenoxy) is 2. The van der Waals surface area contributed by atoms with Crippen molar-refractivity contribution in [3.63, 3.8) is 0 Å². The van der Waals surface area contributed by atoms with Crippen molar-refractivity contribution in [2.24, 2.45) is 0 Å². The van der Waals surface area contributed by atoms with Crippen LogP contribution in [0.4, 0.5) is 28.9 Å². The average molecular weight is 475 g/mol. The summed E-state index contributed by atoms with van der Waals surface area (Å²) in [4.78, 5) is 26.0. The molecule has 0 radical (unpaired) electrons. The molecule has 1 saturated heterocycles. The van der Waals surface area contributed by atoms with Crippen molar-refractivity contribution in [3.05, 3.63) is 58.4 Å². The molecule has 3 rings (SSSR count). The summed E-state index contributed by atoms with van der Waals surface area (Å²) in [6.45, 7) is 0.901. The summed E-state index contributed by atoms with van der Waals surface area (Å²) in [6, 6.07) is 6.93. The lowest BCUT2D eigenvalue weighted by atomic mass is 10.1. The summed E-state index contributed by atoms with van der Waals surface area (Å²) in [5, 5.41) is 2.40. The van der Waals surface area contributed by atoms with Crippen LogP contribution in [0.1, 0.15) is 11.1 Å². The van der Waals surface area contributed by atoms with Gasteiger partial charge in [-0.05, 0) is 30.3 Å². The number of benzene rings is 2. The van der Waals surface area contributed by atoms with E-state index in [1.54, 1.807) is 4.90 Å². The Bertz CT molecular complexity index is 974. The van der Waals surface area contributed by atoms with E-state index in [0.29, 0.717) is 32.0 Å². The Hall–Kier alpha value is -2.85. The molecule has 2 aromatic carbocycles. The van der Waals surface area contributed by atoms with Crippen molar-refractivity contribution in [3.8, 4) is 0 Å². The average Bonchev–Trinajstić information content (AvgIpc) is 2.75. The van der Waals surface area contributed by atoms with Crippen LogP contribution >= 0.6 is 11.6 Å². The van der Waals surface area contributed by atoms with Crippen LogP contribution in [-0.4, -0.2) is 44.8 Å². The van der Waals surface area contributed by atoms with E-state index >= 15 is 0 Å². The number of hydrogen-bond acceptors (Lipinski definition) is 5. The van der Waals surface area contributed by atoms with Crippen LogP contribution in [0.25, 0.3) is 0 Å². The third kappa shape index (κ3) is 6.10. The lowest BCUT2D eigenvalue weighted by molar-refractivity contribution is -0.146. The number of morpholine rings is 1. The molecule has 2 aromatic rings. The summed E-state index contributed by atoms with van der Waals surface area (Å²) < 4.78 is 63.3. The monoisotopic (exact) mass is 474 g/mol. The van der Waals surface area contributed by atoms with Crippen LogP contribution in [0, 0.1) is 5.82 Å².